The average Bonchev–Trinajstić information content (AvgIpc) is 2.37. The van der Waals surface area contributed by atoms with E-state index in [0.717, 1.165) is 12.8 Å². The first-order valence-electron chi connectivity index (χ1n) is 7.54. The molecule has 1 saturated carbocycles. The molecule has 0 radical (unpaired) electrons. The van der Waals surface area contributed by atoms with Crippen LogP contribution in [0.2, 0.25) is 0 Å². The van der Waals surface area contributed by atoms with Crippen LogP contribution in [-0.4, -0.2) is 49.2 Å². The third-order valence-corrected chi connectivity index (χ3v) is 6.49. The number of nitrogens with zero attached hydrogens (tertiary/aromatic N) is 1. The second-order valence-electron chi connectivity index (χ2n) is 6.73. The van der Waals surface area contributed by atoms with Gasteiger partial charge in [-0.15, -0.1) is 11.6 Å². The van der Waals surface area contributed by atoms with Crippen molar-refractivity contribution in [3.63, 3.8) is 0 Å². The molecule has 2 aliphatic rings. The van der Waals surface area contributed by atoms with Gasteiger partial charge in [-0.3, -0.25) is 0 Å². The highest BCUT2D eigenvalue weighted by molar-refractivity contribution is 7.89. The van der Waals surface area contributed by atoms with E-state index in [1.807, 2.05) is 13.8 Å². The van der Waals surface area contributed by atoms with Crippen LogP contribution in [0.1, 0.15) is 46.0 Å². The van der Waals surface area contributed by atoms with Crippen LogP contribution in [0.15, 0.2) is 0 Å². The summed E-state index contributed by atoms with van der Waals surface area (Å²) in [6, 6.07) is 0. The lowest BCUT2D eigenvalue weighted by Crippen LogP contribution is -2.55. The number of alkyl halides is 1. The van der Waals surface area contributed by atoms with Crippen molar-refractivity contribution in [3.05, 3.63) is 0 Å². The number of hydrogen-bond acceptors (Lipinski definition) is 3. The van der Waals surface area contributed by atoms with Gasteiger partial charge in [0.15, 0.2) is 0 Å². The van der Waals surface area contributed by atoms with E-state index in [-0.39, 0.29) is 11.9 Å². The molecular weight excluding hydrogens is 298 g/mol. The first-order valence-corrected chi connectivity index (χ1v) is 9.68. The quantitative estimate of drug-likeness (QED) is 0.747. The largest absolute Gasteiger partial charge is 0.368 e. The fourth-order valence-corrected chi connectivity index (χ4v) is 5.49. The molecule has 0 aromatic heterocycles. The van der Waals surface area contributed by atoms with Gasteiger partial charge < -0.3 is 4.74 Å². The minimum Gasteiger partial charge on any atom is -0.368 e. The zero-order valence-corrected chi connectivity index (χ0v) is 14.0. The highest BCUT2D eigenvalue weighted by Gasteiger charge is 2.39. The Morgan fingerprint density at radius 2 is 1.90 bits per heavy atom. The molecule has 1 saturated heterocycles. The molecule has 0 aromatic rings. The molecular formula is C14H26ClNO3S. The van der Waals surface area contributed by atoms with Crippen molar-refractivity contribution in [2.45, 2.75) is 57.7 Å². The molecule has 1 unspecified atom stereocenters. The van der Waals surface area contributed by atoms with Gasteiger partial charge in [-0.2, -0.15) is 4.31 Å². The van der Waals surface area contributed by atoms with Crippen LogP contribution in [0.3, 0.4) is 0 Å². The van der Waals surface area contributed by atoms with E-state index in [4.69, 9.17) is 16.3 Å². The Morgan fingerprint density at radius 1 is 1.25 bits per heavy atom. The first kappa shape index (κ1) is 16.5. The Balaban J connectivity index is 2.03. The summed E-state index contributed by atoms with van der Waals surface area (Å²) in [7, 11) is -3.20. The maximum absolute atomic E-state index is 12.6. The number of rotatable bonds is 4. The predicted molar refractivity (Wildman–Crippen MR) is 81.6 cm³/mol. The van der Waals surface area contributed by atoms with Gasteiger partial charge in [0.1, 0.15) is 0 Å². The molecule has 2 fully saturated rings. The number of sulfonamides is 1. The van der Waals surface area contributed by atoms with Gasteiger partial charge >= 0.3 is 0 Å². The lowest BCUT2D eigenvalue weighted by Gasteiger charge is -2.42. The monoisotopic (exact) mass is 323 g/mol. The van der Waals surface area contributed by atoms with Gasteiger partial charge in [0, 0.05) is 19.0 Å². The Morgan fingerprint density at radius 3 is 2.50 bits per heavy atom. The molecule has 1 heterocycles. The maximum atomic E-state index is 12.6. The molecule has 2 rings (SSSR count). The number of hydrogen-bond donors (Lipinski definition) is 0. The topological polar surface area (TPSA) is 46.6 Å². The molecule has 0 aromatic carbocycles. The Labute approximate surface area is 127 Å². The van der Waals surface area contributed by atoms with Crippen molar-refractivity contribution in [2.24, 2.45) is 5.92 Å². The number of morpholine rings is 1. The fraction of sp³-hybridized carbons (Fsp3) is 1.00. The molecule has 0 amide bonds. The summed E-state index contributed by atoms with van der Waals surface area (Å²) in [5.41, 5.74) is -0.461. The third-order valence-electron chi connectivity index (χ3n) is 4.19. The lowest BCUT2D eigenvalue weighted by atomic mass is 9.91. The summed E-state index contributed by atoms with van der Waals surface area (Å²) < 4.78 is 32.7. The van der Waals surface area contributed by atoms with Gasteiger partial charge in [-0.05, 0) is 32.6 Å². The summed E-state index contributed by atoms with van der Waals surface area (Å²) in [6.07, 6.45) is 5.47. The van der Waals surface area contributed by atoms with Crippen molar-refractivity contribution in [2.75, 3.05) is 24.7 Å². The molecule has 0 spiro atoms. The van der Waals surface area contributed by atoms with E-state index in [1.165, 1.54) is 19.3 Å². The lowest BCUT2D eigenvalue weighted by molar-refractivity contribution is -0.107. The second kappa shape index (κ2) is 6.51. The zero-order chi connectivity index (χ0) is 14.8. The first-order chi connectivity index (χ1) is 9.32. The van der Waals surface area contributed by atoms with Crippen molar-refractivity contribution in [1.29, 1.82) is 0 Å². The maximum Gasteiger partial charge on any atom is 0.214 e. The van der Waals surface area contributed by atoms with E-state index in [1.54, 1.807) is 4.31 Å². The van der Waals surface area contributed by atoms with Crippen LogP contribution in [0.4, 0.5) is 0 Å². The summed E-state index contributed by atoms with van der Waals surface area (Å²) in [5.74, 6) is 0.950. The summed E-state index contributed by atoms with van der Waals surface area (Å²) in [6.45, 7) is 4.67. The third kappa shape index (κ3) is 4.33. The average molecular weight is 324 g/mol. The molecule has 1 atom stereocenters. The van der Waals surface area contributed by atoms with Crippen molar-refractivity contribution in [1.82, 2.24) is 4.31 Å². The number of ether oxygens (including phenoxy) is 1. The van der Waals surface area contributed by atoms with Gasteiger partial charge in [-0.1, -0.05) is 19.3 Å². The van der Waals surface area contributed by atoms with Crippen LogP contribution in [0, 0.1) is 5.92 Å². The minimum atomic E-state index is -3.20. The highest BCUT2D eigenvalue weighted by atomic mass is 35.5. The molecule has 1 aliphatic carbocycles. The Hall–Kier alpha value is 0.160. The van der Waals surface area contributed by atoms with Gasteiger partial charge in [-0.25, -0.2) is 8.42 Å². The Kier molecular flexibility index (Phi) is 5.38. The van der Waals surface area contributed by atoms with E-state index in [9.17, 15) is 8.42 Å². The summed E-state index contributed by atoms with van der Waals surface area (Å²) in [5, 5.41) is 0. The van der Waals surface area contributed by atoms with E-state index in [2.05, 4.69) is 0 Å². The normalized spacial score (nSPS) is 29.4. The van der Waals surface area contributed by atoms with Crippen LogP contribution in [0.5, 0.6) is 0 Å². The summed E-state index contributed by atoms with van der Waals surface area (Å²) >= 11 is 5.87. The summed E-state index contributed by atoms with van der Waals surface area (Å²) in [4.78, 5) is 0. The molecule has 1 aliphatic heterocycles. The molecule has 118 valence electrons. The minimum absolute atomic E-state index is 0.207. The van der Waals surface area contributed by atoms with Crippen molar-refractivity contribution < 1.29 is 13.2 Å². The molecule has 6 heteroatoms. The predicted octanol–water partition coefficient (Wildman–Crippen LogP) is 2.61. The second-order valence-corrected chi connectivity index (χ2v) is 9.05. The van der Waals surface area contributed by atoms with Crippen LogP contribution < -0.4 is 0 Å². The highest BCUT2D eigenvalue weighted by Crippen LogP contribution is 2.28. The van der Waals surface area contributed by atoms with E-state index in [0.29, 0.717) is 24.9 Å². The van der Waals surface area contributed by atoms with Crippen molar-refractivity contribution >= 4 is 21.6 Å². The van der Waals surface area contributed by atoms with E-state index < -0.39 is 15.6 Å². The van der Waals surface area contributed by atoms with Crippen molar-refractivity contribution in [3.8, 4) is 0 Å². The molecule has 0 N–H and O–H groups in total. The van der Waals surface area contributed by atoms with Gasteiger partial charge in [0.25, 0.3) is 0 Å². The standard InChI is InChI=1S/C14H26ClNO3S/c1-14(2)11-16(9-13(8-15)19-14)20(17,18)10-12-6-4-3-5-7-12/h12-13H,3-11H2,1-2H3. The van der Waals surface area contributed by atoms with Gasteiger partial charge in [0.05, 0.1) is 17.5 Å². The van der Waals surface area contributed by atoms with E-state index >= 15 is 0 Å². The molecule has 0 bridgehead atoms. The smallest absolute Gasteiger partial charge is 0.214 e. The number of halogens is 1. The molecule has 20 heavy (non-hydrogen) atoms. The van der Waals surface area contributed by atoms with Crippen LogP contribution in [0.25, 0.3) is 0 Å². The van der Waals surface area contributed by atoms with Crippen LogP contribution >= 0.6 is 11.6 Å². The molecule has 4 nitrogen and oxygen atoms in total. The van der Waals surface area contributed by atoms with Gasteiger partial charge in [0.2, 0.25) is 10.0 Å². The fourth-order valence-electron chi connectivity index (χ4n) is 3.29. The Bertz CT molecular complexity index is 418. The zero-order valence-electron chi connectivity index (χ0n) is 12.5. The van der Waals surface area contributed by atoms with Crippen LogP contribution in [-0.2, 0) is 14.8 Å². The SMILES string of the molecule is CC1(C)CN(S(=O)(=O)CC2CCCCC2)CC(CCl)O1.